The van der Waals surface area contributed by atoms with Crippen LogP contribution in [0, 0.1) is 0 Å². The molecule has 0 radical (unpaired) electrons. The van der Waals surface area contributed by atoms with Crippen LogP contribution in [0.15, 0.2) is 36.5 Å². The van der Waals surface area contributed by atoms with Gasteiger partial charge < -0.3 is 5.32 Å². The van der Waals surface area contributed by atoms with Crippen molar-refractivity contribution >= 4 is 38.4 Å². The van der Waals surface area contributed by atoms with Gasteiger partial charge in [-0.25, -0.2) is 0 Å². The number of halogens is 1. The number of hydrogen-bond acceptors (Lipinski definition) is 2. The van der Waals surface area contributed by atoms with E-state index in [-0.39, 0.29) is 5.91 Å². The van der Waals surface area contributed by atoms with Crippen molar-refractivity contribution < 1.29 is 4.79 Å². The summed E-state index contributed by atoms with van der Waals surface area (Å²) in [5, 5.41) is 4.76. The first-order valence-electron chi connectivity index (χ1n) is 5.50. The van der Waals surface area contributed by atoms with Crippen molar-refractivity contribution in [3.8, 4) is 0 Å². The first-order valence-corrected chi connectivity index (χ1v) is 6.62. The molecule has 1 aromatic carbocycles. The Balaban J connectivity index is 2.11. The summed E-state index contributed by atoms with van der Waals surface area (Å²) in [5.41, 5.74) is 1.76. The smallest absolute Gasteiger partial charge is 0.224 e. The zero-order chi connectivity index (χ0) is 12.1. The average molecular weight is 293 g/mol. The van der Waals surface area contributed by atoms with Gasteiger partial charge in [-0.05, 0) is 30.7 Å². The number of pyridine rings is 1. The van der Waals surface area contributed by atoms with Gasteiger partial charge in [0.1, 0.15) is 0 Å². The van der Waals surface area contributed by atoms with Crippen LogP contribution in [0.2, 0.25) is 0 Å². The van der Waals surface area contributed by atoms with E-state index in [0.29, 0.717) is 6.42 Å². The molecule has 0 saturated heterocycles. The second-order valence-corrected chi connectivity index (χ2v) is 4.54. The molecule has 0 saturated carbocycles. The highest BCUT2D eigenvalue weighted by Crippen LogP contribution is 2.17. The number of hydrogen-bond donors (Lipinski definition) is 1. The van der Waals surface area contributed by atoms with E-state index in [0.717, 1.165) is 28.3 Å². The molecule has 1 aromatic heterocycles. The van der Waals surface area contributed by atoms with E-state index in [1.807, 2.05) is 30.3 Å². The Bertz CT molecular complexity index is 528. The molecular weight excluding hydrogens is 280 g/mol. The summed E-state index contributed by atoms with van der Waals surface area (Å²) in [5.74, 6) is 0.0488. The van der Waals surface area contributed by atoms with Crippen LogP contribution in [-0.4, -0.2) is 16.2 Å². The molecule has 1 N–H and O–H groups in total. The van der Waals surface area contributed by atoms with E-state index < -0.39 is 0 Å². The van der Waals surface area contributed by atoms with Gasteiger partial charge in [0, 0.05) is 29.0 Å². The van der Waals surface area contributed by atoms with Crippen molar-refractivity contribution in [1.82, 2.24) is 4.98 Å². The van der Waals surface area contributed by atoms with Gasteiger partial charge in [-0.2, -0.15) is 0 Å². The predicted octanol–water partition coefficient (Wildman–Crippen LogP) is 3.35. The summed E-state index contributed by atoms with van der Waals surface area (Å²) in [7, 11) is 0. The first-order chi connectivity index (χ1) is 8.29. The zero-order valence-electron chi connectivity index (χ0n) is 9.32. The number of aromatic nitrogens is 1. The number of alkyl halides is 1. The number of carbonyl (C=O) groups excluding carboxylic acids is 1. The van der Waals surface area contributed by atoms with Gasteiger partial charge in [-0.1, -0.05) is 22.0 Å². The van der Waals surface area contributed by atoms with Crippen molar-refractivity contribution in [2.45, 2.75) is 12.8 Å². The molecule has 0 aliphatic heterocycles. The third-order valence-corrected chi connectivity index (χ3v) is 2.98. The van der Waals surface area contributed by atoms with Crippen LogP contribution in [0.5, 0.6) is 0 Å². The minimum atomic E-state index is 0.0488. The number of anilines is 1. The van der Waals surface area contributed by atoms with E-state index in [1.54, 1.807) is 6.20 Å². The second-order valence-electron chi connectivity index (χ2n) is 3.75. The van der Waals surface area contributed by atoms with Gasteiger partial charge in [0.25, 0.3) is 0 Å². The Kier molecular flexibility index (Phi) is 4.09. The van der Waals surface area contributed by atoms with E-state index >= 15 is 0 Å². The highest BCUT2D eigenvalue weighted by atomic mass is 79.9. The Morgan fingerprint density at radius 2 is 2.24 bits per heavy atom. The largest absolute Gasteiger partial charge is 0.326 e. The van der Waals surface area contributed by atoms with E-state index in [9.17, 15) is 4.79 Å². The minimum absolute atomic E-state index is 0.0488. The van der Waals surface area contributed by atoms with Gasteiger partial charge in [-0.3, -0.25) is 9.78 Å². The van der Waals surface area contributed by atoms with Crippen LogP contribution >= 0.6 is 15.9 Å². The Labute approximate surface area is 108 Å². The van der Waals surface area contributed by atoms with Crippen LogP contribution in [0.1, 0.15) is 12.8 Å². The summed E-state index contributed by atoms with van der Waals surface area (Å²) in [4.78, 5) is 15.8. The molecule has 0 bridgehead atoms. The standard InChI is InChI=1S/C13H13BrN2O/c14-7-1-4-13(17)16-11-5-6-12-10(9-11)3-2-8-15-12/h2-3,5-6,8-9H,1,4,7H2,(H,16,17). The minimum Gasteiger partial charge on any atom is -0.326 e. The molecular formula is C13H13BrN2O. The number of nitrogens with zero attached hydrogens (tertiary/aromatic N) is 1. The van der Waals surface area contributed by atoms with Crippen molar-refractivity contribution in [3.63, 3.8) is 0 Å². The Morgan fingerprint density at radius 3 is 3.06 bits per heavy atom. The number of fused-ring (bicyclic) bond motifs is 1. The molecule has 2 aromatic rings. The molecule has 2 rings (SSSR count). The van der Waals surface area contributed by atoms with E-state index in [4.69, 9.17) is 0 Å². The van der Waals surface area contributed by atoms with E-state index in [1.165, 1.54) is 0 Å². The molecule has 1 amide bonds. The molecule has 0 aliphatic carbocycles. The van der Waals surface area contributed by atoms with Gasteiger partial charge >= 0.3 is 0 Å². The SMILES string of the molecule is O=C(CCCBr)Nc1ccc2ncccc2c1. The van der Waals surface area contributed by atoms with Crippen LogP contribution in [0.4, 0.5) is 5.69 Å². The highest BCUT2D eigenvalue weighted by Gasteiger charge is 2.02. The summed E-state index contributed by atoms with van der Waals surface area (Å²) < 4.78 is 0. The topological polar surface area (TPSA) is 42.0 Å². The van der Waals surface area contributed by atoms with Crippen LogP contribution in [0.25, 0.3) is 10.9 Å². The van der Waals surface area contributed by atoms with Gasteiger partial charge in [0.2, 0.25) is 5.91 Å². The fraction of sp³-hybridized carbons (Fsp3) is 0.231. The molecule has 88 valence electrons. The quantitative estimate of drug-likeness (QED) is 0.878. The van der Waals surface area contributed by atoms with Crippen LogP contribution in [0.3, 0.4) is 0 Å². The maximum absolute atomic E-state index is 11.6. The second kappa shape index (κ2) is 5.77. The molecule has 17 heavy (non-hydrogen) atoms. The predicted molar refractivity (Wildman–Crippen MR) is 73.4 cm³/mol. The summed E-state index contributed by atoms with van der Waals surface area (Å²) in [6.45, 7) is 0. The molecule has 4 heteroatoms. The third kappa shape index (κ3) is 3.27. The number of carbonyl (C=O) groups is 1. The molecule has 1 heterocycles. The lowest BCUT2D eigenvalue weighted by molar-refractivity contribution is -0.116. The van der Waals surface area contributed by atoms with Gasteiger partial charge in [0.05, 0.1) is 5.52 Å². The fourth-order valence-corrected chi connectivity index (χ4v) is 1.88. The first kappa shape index (κ1) is 12.0. The Morgan fingerprint density at radius 1 is 1.35 bits per heavy atom. The van der Waals surface area contributed by atoms with Crippen molar-refractivity contribution in [2.24, 2.45) is 0 Å². The van der Waals surface area contributed by atoms with Gasteiger partial charge in [0.15, 0.2) is 0 Å². The molecule has 0 atom stereocenters. The summed E-state index contributed by atoms with van der Waals surface area (Å²) >= 11 is 3.31. The van der Waals surface area contributed by atoms with Crippen LogP contribution in [-0.2, 0) is 4.79 Å². The average Bonchev–Trinajstić information content (AvgIpc) is 2.36. The molecule has 0 spiro atoms. The molecule has 0 aliphatic rings. The van der Waals surface area contributed by atoms with Crippen molar-refractivity contribution in [2.75, 3.05) is 10.6 Å². The maximum Gasteiger partial charge on any atom is 0.224 e. The number of benzene rings is 1. The van der Waals surface area contributed by atoms with Gasteiger partial charge in [-0.15, -0.1) is 0 Å². The normalized spacial score (nSPS) is 10.4. The summed E-state index contributed by atoms with van der Waals surface area (Å²) in [6.07, 6.45) is 3.15. The van der Waals surface area contributed by atoms with Crippen molar-refractivity contribution in [1.29, 1.82) is 0 Å². The molecule has 0 fully saturated rings. The molecule has 3 nitrogen and oxygen atoms in total. The highest BCUT2D eigenvalue weighted by molar-refractivity contribution is 9.09. The number of amides is 1. The number of rotatable bonds is 4. The lowest BCUT2D eigenvalue weighted by Gasteiger charge is -2.05. The van der Waals surface area contributed by atoms with E-state index in [2.05, 4.69) is 26.2 Å². The van der Waals surface area contributed by atoms with Crippen molar-refractivity contribution in [3.05, 3.63) is 36.5 Å². The van der Waals surface area contributed by atoms with Crippen LogP contribution < -0.4 is 5.32 Å². The third-order valence-electron chi connectivity index (χ3n) is 2.42. The number of nitrogens with one attached hydrogen (secondary N) is 1. The lowest BCUT2D eigenvalue weighted by atomic mass is 10.2. The monoisotopic (exact) mass is 292 g/mol. The Hall–Kier alpha value is -1.42. The lowest BCUT2D eigenvalue weighted by Crippen LogP contribution is -2.11. The molecule has 0 unspecified atom stereocenters. The zero-order valence-corrected chi connectivity index (χ0v) is 10.9. The summed E-state index contributed by atoms with van der Waals surface area (Å²) in [6, 6.07) is 9.60. The maximum atomic E-state index is 11.6. The fourth-order valence-electron chi connectivity index (χ4n) is 1.60.